The number of hydrogen-bond acceptors (Lipinski definition) is 5. The number of amides is 1. The van der Waals surface area contributed by atoms with Gasteiger partial charge in [0.2, 0.25) is 0 Å². The lowest BCUT2D eigenvalue weighted by atomic mass is 10.0. The van der Waals surface area contributed by atoms with Crippen LogP contribution < -0.4 is 14.9 Å². The smallest absolute Gasteiger partial charge is 0.262 e. The molecule has 4 aromatic rings. The average Bonchev–Trinajstić information content (AvgIpc) is 3.44. The number of aromatic nitrogens is 1. The van der Waals surface area contributed by atoms with Crippen molar-refractivity contribution in [2.75, 3.05) is 11.9 Å². The van der Waals surface area contributed by atoms with Crippen LogP contribution in [0.4, 0.5) is 11.4 Å². The summed E-state index contributed by atoms with van der Waals surface area (Å²) >= 11 is 1.57. The van der Waals surface area contributed by atoms with E-state index >= 15 is 0 Å². The van der Waals surface area contributed by atoms with Crippen molar-refractivity contribution in [3.8, 4) is 17.0 Å². The summed E-state index contributed by atoms with van der Waals surface area (Å²) in [5.74, 6) is 1.85. The van der Waals surface area contributed by atoms with Gasteiger partial charge in [0.1, 0.15) is 11.5 Å². The molecule has 0 spiro atoms. The third-order valence-corrected chi connectivity index (χ3v) is 6.25. The average molecular weight is 446 g/mol. The second kappa shape index (κ2) is 8.51. The maximum atomic E-state index is 11.8. The molecule has 0 bridgehead atoms. The molecule has 1 aliphatic rings. The fraction of sp³-hybridized carbons (Fsp3) is 0.200. The number of ether oxygens (including phenoxy) is 1. The number of rotatable bonds is 5. The largest absolute Gasteiger partial charge is 0.482 e. The van der Waals surface area contributed by atoms with Crippen LogP contribution in [-0.4, -0.2) is 17.1 Å². The Hall–Kier alpha value is -3.58. The molecule has 1 N–H and O–H groups in total. The van der Waals surface area contributed by atoms with Crippen LogP contribution in [0.3, 0.4) is 0 Å². The summed E-state index contributed by atoms with van der Waals surface area (Å²) in [5.41, 5.74) is 4.83. The topological polar surface area (TPSA) is 68.8 Å². The van der Waals surface area contributed by atoms with Crippen LogP contribution in [-0.2, 0) is 11.3 Å². The normalized spacial score (nSPS) is 13.7. The zero-order valence-electron chi connectivity index (χ0n) is 17.9. The van der Waals surface area contributed by atoms with Gasteiger partial charge in [0.15, 0.2) is 11.4 Å². The SMILES string of the molecule is CC(C)c1ccc(N=c2scc(-c3ccc4c(c3)NC(=O)CO4)n2Cc2ccco2)cc1. The van der Waals surface area contributed by atoms with Crippen molar-refractivity contribution in [3.05, 3.63) is 82.4 Å². The van der Waals surface area contributed by atoms with Gasteiger partial charge in [-0.15, -0.1) is 11.3 Å². The minimum absolute atomic E-state index is 0.0436. The molecule has 0 atom stereocenters. The molecule has 0 saturated carbocycles. The van der Waals surface area contributed by atoms with Crippen molar-refractivity contribution in [1.29, 1.82) is 0 Å². The number of fused-ring (bicyclic) bond motifs is 1. The Morgan fingerprint density at radius 1 is 1.16 bits per heavy atom. The highest BCUT2D eigenvalue weighted by atomic mass is 32.1. The van der Waals surface area contributed by atoms with Crippen molar-refractivity contribution in [3.63, 3.8) is 0 Å². The maximum absolute atomic E-state index is 11.8. The number of benzene rings is 2. The third kappa shape index (κ3) is 4.11. The molecule has 3 heterocycles. The number of thiazole rings is 1. The predicted octanol–water partition coefficient (Wildman–Crippen LogP) is 5.54. The standard InChI is InChI=1S/C25H23N3O3S/c1-16(2)17-5-8-19(9-6-17)26-25-28(13-20-4-3-11-30-20)22(15-32-25)18-7-10-23-21(12-18)27-24(29)14-31-23/h3-12,15-16H,13-14H2,1-2H3,(H,27,29). The molecule has 5 rings (SSSR count). The molecule has 0 aliphatic carbocycles. The number of anilines is 1. The first-order valence-corrected chi connectivity index (χ1v) is 11.4. The molecule has 2 aromatic carbocycles. The van der Waals surface area contributed by atoms with Gasteiger partial charge in [-0.25, -0.2) is 4.99 Å². The molecule has 32 heavy (non-hydrogen) atoms. The number of nitrogens with one attached hydrogen (secondary N) is 1. The highest BCUT2D eigenvalue weighted by Gasteiger charge is 2.18. The Bertz CT molecular complexity index is 1320. The number of furan rings is 1. The van der Waals surface area contributed by atoms with Crippen LogP contribution in [0.25, 0.3) is 11.3 Å². The molecule has 0 saturated heterocycles. The first-order valence-electron chi connectivity index (χ1n) is 10.5. The van der Waals surface area contributed by atoms with E-state index in [0.29, 0.717) is 23.9 Å². The van der Waals surface area contributed by atoms with Crippen LogP contribution in [0.15, 0.2) is 75.7 Å². The fourth-order valence-electron chi connectivity index (χ4n) is 3.65. The Kier molecular flexibility index (Phi) is 5.41. The highest BCUT2D eigenvalue weighted by molar-refractivity contribution is 7.07. The quantitative estimate of drug-likeness (QED) is 0.438. The van der Waals surface area contributed by atoms with Gasteiger partial charge in [-0.05, 0) is 53.9 Å². The summed E-state index contributed by atoms with van der Waals surface area (Å²) in [4.78, 5) is 17.5. The molecule has 0 fully saturated rings. The zero-order valence-corrected chi connectivity index (χ0v) is 18.7. The van der Waals surface area contributed by atoms with E-state index in [2.05, 4.69) is 53.4 Å². The number of hydrogen-bond donors (Lipinski definition) is 1. The molecule has 0 radical (unpaired) electrons. The van der Waals surface area contributed by atoms with Gasteiger partial charge >= 0.3 is 0 Å². The van der Waals surface area contributed by atoms with Crippen LogP contribution in [0.5, 0.6) is 5.75 Å². The second-order valence-electron chi connectivity index (χ2n) is 7.97. The zero-order chi connectivity index (χ0) is 22.1. The predicted molar refractivity (Wildman–Crippen MR) is 125 cm³/mol. The van der Waals surface area contributed by atoms with E-state index in [4.69, 9.17) is 14.1 Å². The van der Waals surface area contributed by atoms with E-state index < -0.39 is 0 Å². The van der Waals surface area contributed by atoms with Crippen LogP contribution in [0.2, 0.25) is 0 Å². The van der Waals surface area contributed by atoms with Gasteiger partial charge in [-0.1, -0.05) is 26.0 Å². The van der Waals surface area contributed by atoms with Gasteiger partial charge in [0, 0.05) is 10.9 Å². The highest BCUT2D eigenvalue weighted by Crippen LogP contribution is 2.33. The van der Waals surface area contributed by atoms with E-state index in [1.165, 1.54) is 5.56 Å². The van der Waals surface area contributed by atoms with Crippen molar-refractivity contribution in [2.24, 2.45) is 4.99 Å². The van der Waals surface area contributed by atoms with Gasteiger partial charge in [0.25, 0.3) is 5.91 Å². The Morgan fingerprint density at radius 3 is 2.75 bits per heavy atom. The lowest BCUT2D eigenvalue weighted by molar-refractivity contribution is -0.118. The van der Waals surface area contributed by atoms with E-state index in [1.807, 2.05) is 30.3 Å². The first-order chi connectivity index (χ1) is 15.6. The molecule has 1 aliphatic heterocycles. The Morgan fingerprint density at radius 2 is 2.00 bits per heavy atom. The molecular weight excluding hydrogens is 422 g/mol. The monoisotopic (exact) mass is 445 g/mol. The summed E-state index contributed by atoms with van der Waals surface area (Å²) < 4.78 is 13.2. The van der Waals surface area contributed by atoms with E-state index in [9.17, 15) is 4.79 Å². The molecule has 1 amide bonds. The lowest BCUT2D eigenvalue weighted by Gasteiger charge is -2.18. The molecule has 6 nitrogen and oxygen atoms in total. The molecule has 0 unspecified atom stereocenters. The number of carbonyl (C=O) groups excluding carboxylic acids is 1. The van der Waals surface area contributed by atoms with Gasteiger partial charge < -0.3 is 19.0 Å². The minimum atomic E-state index is -0.149. The molecular formula is C25H23N3O3S. The van der Waals surface area contributed by atoms with Crippen molar-refractivity contribution in [2.45, 2.75) is 26.3 Å². The van der Waals surface area contributed by atoms with Crippen LogP contribution in [0.1, 0.15) is 31.1 Å². The Labute approximate surface area is 189 Å². The minimum Gasteiger partial charge on any atom is -0.482 e. The van der Waals surface area contributed by atoms with Crippen LogP contribution >= 0.6 is 11.3 Å². The third-order valence-electron chi connectivity index (χ3n) is 5.38. The lowest BCUT2D eigenvalue weighted by Crippen LogP contribution is -2.25. The van der Waals surface area contributed by atoms with Gasteiger partial charge in [0.05, 0.1) is 29.9 Å². The molecule has 162 valence electrons. The number of carbonyl (C=O) groups is 1. The second-order valence-corrected chi connectivity index (χ2v) is 8.81. The first kappa shape index (κ1) is 20.3. The molecule has 7 heteroatoms. The summed E-state index contributed by atoms with van der Waals surface area (Å²) in [6.45, 7) is 4.96. The maximum Gasteiger partial charge on any atom is 0.262 e. The number of nitrogens with zero attached hydrogens (tertiary/aromatic N) is 2. The van der Waals surface area contributed by atoms with Crippen LogP contribution in [0, 0.1) is 0 Å². The van der Waals surface area contributed by atoms with E-state index in [-0.39, 0.29) is 12.5 Å². The summed E-state index contributed by atoms with van der Waals surface area (Å²) in [6, 6.07) is 18.0. The summed E-state index contributed by atoms with van der Waals surface area (Å²) in [5, 5.41) is 4.97. The molecule has 2 aromatic heterocycles. The van der Waals surface area contributed by atoms with Gasteiger partial charge in [-0.3, -0.25) is 4.79 Å². The fourth-order valence-corrected chi connectivity index (χ4v) is 4.58. The van der Waals surface area contributed by atoms with Gasteiger partial charge in [-0.2, -0.15) is 0 Å². The van der Waals surface area contributed by atoms with E-state index in [0.717, 1.165) is 27.5 Å². The van der Waals surface area contributed by atoms with E-state index in [1.54, 1.807) is 17.6 Å². The van der Waals surface area contributed by atoms with Crippen molar-refractivity contribution < 1.29 is 13.9 Å². The summed E-state index contributed by atoms with van der Waals surface area (Å²) in [7, 11) is 0. The van der Waals surface area contributed by atoms with Crippen molar-refractivity contribution >= 4 is 28.6 Å². The summed E-state index contributed by atoms with van der Waals surface area (Å²) in [6.07, 6.45) is 1.68. The van der Waals surface area contributed by atoms with Crippen molar-refractivity contribution in [1.82, 2.24) is 4.57 Å². The Balaban J connectivity index is 1.58.